The first-order valence-electron chi connectivity index (χ1n) is 10.2. The first-order chi connectivity index (χ1) is 15.5. The molecule has 1 aromatic heterocycles. The largest absolute Gasteiger partial charge is 0.462 e. The summed E-state index contributed by atoms with van der Waals surface area (Å²) >= 11 is 2.84. The van der Waals surface area contributed by atoms with E-state index in [1.807, 2.05) is 67.8 Å². The van der Waals surface area contributed by atoms with Crippen LogP contribution in [0, 0.1) is 0 Å². The van der Waals surface area contributed by atoms with Gasteiger partial charge >= 0.3 is 5.97 Å². The van der Waals surface area contributed by atoms with Crippen LogP contribution in [0.5, 0.6) is 0 Å². The molecule has 8 heteroatoms. The highest BCUT2D eigenvalue weighted by atomic mass is 32.2. The number of benzene rings is 2. The molecule has 0 saturated heterocycles. The Bertz CT molecular complexity index is 1050. The van der Waals surface area contributed by atoms with E-state index in [9.17, 15) is 9.59 Å². The van der Waals surface area contributed by atoms with Crippen molar-refractivity contribution in [2.45, 2.75) is 20.0 Å². The number of hydrogen-bond acceptors (Lipinski definition) is 7. The number of hydrogen-bond donors (Lipinski definition) is 2. The Labute approximate surface area is 196 Å². The molecule has 3 rings (SSSR count). The molecule has 0 aliphatic carbocycles. The number of carbonyl (C=O) groups is 2. The Morgan fingerprint density at radius 3 is 2.59 bits per heavy atom. The molecule has 32 heavy (non-hydrogen) atoms. The van der Waals surface area contributed by atoms with E-state index < -0.39 is 5.97 Å². The molecule has 0 aliphatic heterocycles. The zero-order valence-corrected chi connectivity index (χ0v) is 19.8. The summed E-state index contributed by atoms with van der Waals surface area (Å²) in [6, 6.07) is 19.3. The average Bonchev–Trinajstić information content (AvgIpc) is 3.22. The molecule has 0 bridgehead atoms. The van der Waals surface area contributed by atoms with E-state index in [2.05, 4.69) is 10.0 Å². The summed E-state index contributed by atoms with van der Waals surface area (Å²) in [5, 5.41) is 3.27. The molecule has 1 unspecified atom stereocenters. The van der Waals surface area contributed by atoms with Crippen LogP contribution in [0.4, 0.5) is 10.7 Å². The van der Waals surface area contributed by atoms with Gasteiger partial charge in [0.2, 0.25) is 0 Å². The van der Waals surface area contributed by atoms with E-state index in [-0.39, 0.29) is 25.2 Å². The van der Waals surface area contributed by atoms with Crippen LogP contribution in [0.3, 0.4) is 0 Å². The van der Waals surface area contributed by atoms with Gasteiger partial charge in [0.05, 0.1) is 18.3 Å². The van der Waals surface area contributed by atoms with Gasteiger partial charge < -0.3 is 19.5 Å². The number of rotatable bonds is 10. The summed E-state index contributed by atoms with van der Waals surface area (Å²) in [5.41, 5.74) is 3.24. The van der Waals surface area contributed by atoms with Gasteiger partial charge in [-0.15, -0.1) is 11.3 Å². The van der Waals surface area contributed by atoms with Crippen LogP contribution in [-0.4, -0.2) is 31.3 Å². The number of ether oxygens (including phenoxy) is 2. The summed E-state index contributed by atoms with van der Waals surface area (Å²) in [4.78, 5) is 25.9. The number of nitrogens with one attached hydrogen (secondary N) is 2. The van der Waals surface area contributed by atoms with E-state index >= 15 is 0 Å². The maximum atomic E-state index is 12.6. The minimum absolute atomic E-state index is 0.137. The van der Waals surface area contributed by atoms with Gasteiger partial charge in [-0.05, 0) is 43.2 Å². The molecule has 0 fully saturated rings. The van der Waals surface area contributed by atoms with Crippen molar-refractivity contribution in [2.24, 2.45) is 0 Å². The molecular weight excluding hydrogens is 444 g/mol. The Morgan fingerprint density at radius 1 is 1.09 bits per heavy atom. The number of esters is 1. The quantitative estimate of drug-likeness (QED) is 0.280. The SMILES string of the molecule is CCOC(=O)c1cc(-c2ccccc2)sc1NC(=O)COC(C)c1cccc(NSC)c1. The maximum absolute atomic E-state index is 12.6. The van der Waals surface area contributed by atoms with Gasteiger partial charge in [-0.2, -0.15) is 0 Å². The lowest BCUT2D eigenvalue weighted by molar-refractivity contribution is -0.122. The third kappa shape index (κ3) is 6.35. The minimum Gasteiger partial charge on any atom is -0.462 e. The third-order valence-corrected chi connectivity index (χ3v) is 6.12. The lowest BCUT2D eigenvalue weighted by atomic mass is 10.1. The van der Waals surface area contributed by atoms with E-state index in [1.165, 1.54) is 23.3 Å². The zero-order valence-electron chi connectivity index (χ0n) is 18.2. The molecule has 2 N–H and O–H groups in total. The normalized spacial score (nSPS) is 11.6. The van der Waals surface area contributed by atoms with Crippen LogP contribution in [0.25, 0.3) is 10.4 Å². The minimum atomic E-state index is -0.464. The first kappa shape index (κ1) is 23.8. The fourth-order valence-corrected chi connectivity index (χ4v) is 4.45. The van der Waals surface area contributed by atoms with Crippen molar-refractivity contribution < 1.29 is 19.1 Å². The smallest absolute Gasteiger partial charge is 0.341 e. The molecule has 3 aromatic rings. The molecule has 168 valence electrons. The van der Waals surface area contributed by atoms with Crippen LogP contribution in [0.15, 0.2) is 60.7 Å². The van der Waals surface area contributed by atoms with E-state index in [1.54, 1.807) is 13.0 Å². The standard InChI is InChI=1S/C24H26N2O4S2/c1-4-29-24(28)20-14-21(17-9-6-5-7-10-17)32-23(20)25-22(27)15-30-16(2)18-11-8-12-19(13-18)26-31-3/h5-14,16,26H,4,15H2,1-3H3,(H,25,27). The average molecular weight is 471 g/mol. The Balaban J connectivity index is 1.69. The second-order valence-corrected chi connectivity index (χ2v) is 8.54. The van der Waals surface area contributed by atoms with E-state index in [4.69, 9.17) is 9.47 Å². The van der Waals surface area contributed by atoms with E-state index in [0.29, 0.717) is 10.6 Å². The highest BCUT2D eigenvalue weighted by Crippen LogP contribution is 2.36. The first-order valence-corrected chi connectivity index (χ1v) is 12.2. The topological polar surface area (TPSA) is 76.7 Å². The molecule has 1 atom stereocenters. The van der Waals surface area contributed by atoms with Gasteiger partial charge in [-0.25, -0.2) is 4.79 Å². The van der Waals surface area contributed by atoms with Gasteiger partial charge in [-0.1, -0.05) is 54.4 Å². The van der Waals surface area contributed by atoms with Crippen molar-refractivity contribution in [1.29, 1.82) is 0 Å². The molecule has 2 aromatic carbocycles. The number of thiophene rings is 1. The van der Waals surface area contributed by atoms with Crippen LogP contribution in [0.1, 0.15) is 35.9 Å². The monoisotopic (exact) mass is 470 g/mol. The van der Waals surface area contributed by atoms with Crippen LogP contribution < -0.4 is 10.0 Å². The lowest BCUT2D eigenvalue weighted by Crippen LogP contribution is -2.20. The molecule has 1 amide bonds. The zero-order chi connectivity index (χ0) is 22.9. The van der Waals surface area contributed by atoms with Crippen molar-refractivity contribution in [3.63, 3.8) is 0 Å². The van der Waals surface area contributed by atoms with Gasteiger partial charge in [-0.3, -0.25) is 4.79 Å². The van der Waals surface area contributed by atoms with Gasteiger partial charge in [0.1, 0.15) is 11.6 Å². The Morgan fingerprint density at radius 2 is 1.88 bits per heavy atom. The van der Waals surface area contributed by atoms with Gasteiger partial charge in [0, 0.05) is 16.8 Å². The maximum Gasteiger partial charge on any atom is 0.341 e. The second kappa shape index (κ2) is 11.7. The summed E-state index contributed by atoms with van der Waals surface area (Å²) in [5.74, 6) is -0.795. The lowest BCUT2D eigenvalue weighted by Gasteiger charge is -2.14. The molecule has 0 aliphatic rings. The molecular formula is C24H26N2O4S2. The van der Waals surface area contributed by atoms with Crippen LogP contribution >= 0.6 is 23.3 Å². The van der Waals surface area contributed by atoms with Gasteiger partial charge in [0.15, 0.2) is 0 Å². The molecule has 6 nitrogen and oxygen atoms in total. The highest BCUT2D eigenvalue weighted by molar-refractivity contribution is 7.99. The predicted octanol–water partition coefficient (Wildman–Crippen LogP) is 6.00. The Kier molecular flexibility index (Phi) is 8.72. The van der Waals surface area contributed by atoms with E-state index in [0.717, 1.165) is 21.7 Å². The predicted molar refractivity (Wildman–Crippen MR) is 132 cm³/mol. The van der Waals surface area contributed by atoms with Crippen molar-refractivity contribution in [3.05, 3.63) is 71.8 Å². The third-order valence-electron chi connectivity index (χ3n) is 4.58. The molecule has 0 spiro atoms. The van der Waals surface area contributed by atoms with Crippen molar-refractivity contribution in [2.75, 3.05) is 29.5 Å². The highest BCUT2D eigenvalue weighted by Gasteiger charge is 2.20. The summed E-state index contributed by atoms with van der Waals surface area (Å²) in [6.45, 7) is 3.77. The summed E-state index contributed by atoms with van der Waals surface area (Å²) in [6.07, 6.45) is 1.69. The fourth-order valence-electron chi connectivity index (χ4n) is 3.02. The fraction of sp³-hybridized carbons (Fsp3) is 0.250. The van der Waals surface area contributed by atoms with Crippen LogP contribution in [-0.2, 0) is 14.3 Å². The Hall–Kier alpha value is -2.81. The second-order valence-electron chi connectivity index (χ2n) is 6.87. The van der Waals surface area contributed by atoms with Crippen molar-refractivity contribution in [1.82, 2.24) is 0 Å². The molecule has 1 heterocycles. The van der Waals surface area contributed by atoms with Crippen LogP contribution in [0.2, 0.25) is 0 Å². The number of anilines is 2. The number of carbonyl (C=O) groups excluding carboxylic acids is 2. The molecule has 0 saturated carbocycles. The van der Waals surface area contributed by atoms with Crippen molar-refractivity contribution >= 4 is 45.8 Å². The summed E-state index contributed by atoms with van der Waals surface area (Å²) < 4.78 is 14.1. The molecule has 0 radical (unpaired) electrons. The summed E-state index contributed by atoms with van der Waals surface area (Å²) in [7, 11) is 0. The van der Waals surface area contributed by atoms with Gasteiger partial charge in [0.25, 0.3) is 5.91 Å². The number of amides is 1. The van der Waals surface area contributed by atoms with Crippen molar-refractivity contribution in [3.8, 4) is 10.4 Å².